The smallest absolute Gasteiger partial charge is 0.341 e. The van der Waals surface area contributed by atoms with Crippen LogP contribution in [0.1, 0.15) is 49.4 Å². The number of ether oxygens (including phenoxy) is 1. The summed E-state index contributed by atoms with van der Waals surface area (Å²) in [6.45, 7) is 1.75. The standard InChI is InChI=1S/C20H27N3O4/c1-15(18(25)23(2)20(14-21)10-6-3-7-11-20)27-19(26)16-8-4-5-9-17(16)22-12-13-24/h4-5,8-9,15,22,24H,3,6-7,10-13H2,1-2H3/t15-/m1/s1. The summed E-state index contributed by atoms with van der Waals surface area (Å²) < 4.78 is 5.38. The van der Waals surface area contributed by atoms with E-state index in [1.807, 2.05) is 0 Å². The molecule has 1 amide bonds. The molecule has 7 nitrogen and oxygen atoms in total. The van der Waals surface area contributed by atoms with Gasteiger partial charge in [0.15, 0.2) is 6.10 Å². The number of anilines is 1. The van der Waals surface area contributed by atoms with E-state index in [0.717, 1.165) is 19.3 Å². The number of nitrogens with zero attached hydrogens (tertiary/aromatic N) is 2. The Morgan fingerprint density at radius 3 is 2.63 bits per heavy atom. The van der Waals surface area contributed by atoms with E-state index in [-0.39, 0.29) is 12.5 Å². The van der Waals surface area contributed by atoms with Crippen molar-refractivity contribution in [3.05, 3.63) is 29.8 Å². The van der Waals surface area contributed by atoms with E-state index in [1.54, 1.807) is 31.3 Å². The topological polar surface area (TPSA) is 103 Å². The number of para-hydroxylation sites is 1. The highest BCUT2D eigenvalue weighted by Gasteiger charge is 2.40. The third-order valence-electron chi connectivity index (χ3n) is 5.07. The van der Waals surface area contributed by atoms with Crippen LogP contribution in [0.3, 0.4) is 0 Å². The van der Waals surface area contributed by atoms with Crippen molar-refractivity contribution in [2.24, 2.45) is 0 Å². The van der Waals surface area contributed by atoms with Gasteiger partial charge in [0.05, 0.1) is 18.2 Å². The molecule has 0 unspecified atom stereocenters. The molecule has 0 radical (unpaired) electrons. The molecule has 0 heterocycles. The molecule has 2 N–H and O–H groups in total. The molecule has 1 atom stereocenters. The first-order chi connectivity index (χ1) is 12.9. The summed E-state index contributed by atoms with van der Waals surface area (Å²) in [6.07, 6.45) is 3.15. The summed E-state index contributed by atoms with van der Waals surface area (Å²) in [5.41, 5.74) is 0.00240. The number of carbonyl (C=O) groups is 2. The molecule has 2 rings (SSSR count). The third-order valence-corrected chi connectivity index (χ3v) is 5.07. The third kappa shape index (κ3) is 4.77. The number of benzene rings is 1. The lowest BCUT2D eigenvalue weighted by Gasteiger charge is -2.39. The van der Waals surface area contributed by atoms with E-state index >= 15 is 0 Å². The van der Waals surface area contributed by atoms with Crippen LogP contribution in [0.2, 0.25) is 0 Å². The zero-order chi connectivity index (χ0) is 19.9. The van der Waals surface area contributed by atoms with E-state index in [9.17, 15) is 14.9 Å². The maximum atomic E-state index is 12.8. The number of likely N-dealkylation sites (N-methyl/N-ethyl adjacent to an activating group) is 1. The van der Waals surface area contributed by atoms with Gasteiger partial charge in [-0.25, -0.2) is 4.79 Å². The van der Waals surface area contributed by atoms with Gasteiger partial charge in [-0.15, -0.1) is 0 Å². The number of aliphatic hydroxyl groups excluding tert-OH is 1. The first kappa shape index (κ1) is 20.7. The van der Waals surface area contributed by atoms with Crippen molar-refractivity contribution in [1.29, 1.82) is 5.26 Å². The summed E-state index contributed by atoms with van der Waals surface area (Å²) in [6, 6.07) is 9.07. The number of hydrogen-bond donors (Lipinski definition) is 2. The SMILES string of the molecule is C[C@@H](OC(=O)c1ccccc1NCCO)C(=O)N(C)C1(C#N)CCCCC1. The van der Waals surface area contributed by atoms with E-state index in [0.29, 0.717) is 30.6 Å². The first-order valence-corrected chi connectivity index (χ1v) is 9.29. The van der Waals surface area contributed by atoms with Gasteiger partial charge in [0.1, 0.15) is 5.54 Å². The van der Waals surface area contributed by atoms with Gasteiger partial charge in [-0.05, 0) is 31.9 Å². The predicted octanol–water partition coefficient (Wildman–Crippen LogP) is 2.32. The van der Waals surface area contributed by atoms with Crippen LogP contribution in [0.15, 0.2) is 24.3 Å². The fourth-order valence-electron chi connectivity index (χ4n) is 3.42. The molecule has 0 bridgehead atoms. The molecule has 1 fully saturated rings. The van der Waals surface area contributed by atoms with Crippen LogP contribution in [-0.4, -0.2) is 53.7 Å². The first-order valence-electron chi connectivity index (χ1n) is 9.29. The molecule has 1 aliphatic rings. The average molecular weight is 373 g/mol. The van der Waals surface area contributed by atoms with Gasteiger partial charge in [0.2, 0.25) is 0 Å². The van der Waals surface area contributed by atoms with Crippen molar-refractivity contribution in [3.8, 4) is 6.07 Å². The molecular weight excluding hydrogens is 346 g/mol. The zero-order valence-electron chi connectivity index (χ0n) is 15.9. The van der Waals surface area contributed by atoms with E-state index in [2.05, 4.69) is 11.4 Å². The summed E-state index contributed by atoms with van der Waals surface area (Å²) >= 11 is 0. The van der Waals surface area contributed by atoms with Gasteiger partial charge in [-0.1, -0.05) is 31.4 Å². The normalized spacial score (nSPS) is 16.7. The fourth-order valence-corrected chi connectivity index (χ4v) is 3.42. The van der Waals surface area contributed by atoms with Crippen molar-refractivity contribution in [2.75, 3.05) is 25.5 Å². The highest BCUT2D eigenvalue weighted by Crippen LogP contribution is 2.33. The van der Waals surface area contributed by atoms with Gasteiger partial charge < -0.3 is 20.1 Å². The number of aliphatic hydroxyl groups is 1. The lowest BCUT2D eigenvalue weighted by molar-refractivity contribution is -0.143. The van der Waals surface area contributed by atoms with E-state index < -0.39 is 17.6 Å². The van der Waals surface area contributed by atoms with E-state index in [4.69, 9.17) is 9.84 Å². The van der Waals surface area contributed by atoms with Gasteiger partial charge in [-0.2, -0.15) is 5.26 Å². The molecule has 0 saturated heterocycles. The molecule has 27 heavy (non-hydrogen) atoms. The molecule has 1 saturated carbocycles. The van der Waals surface area contributed by atoms with Crippen LogP contribution in [0, 0.1) is 11.3 Å². The second-order valence-electron chi connectivity index (χ2n) is 6.84. The molecule has 0 aliphatic heterocycles. The van der Waals surface area contributed by atoms with Crippen LogP contribution < -0.4 is 5.32 Å². The maximum absolute atomic E-state index is 12.8. The molecule has 0 aromatic heterocycles. The minimum absolute atomic E-state index is 0.0701. The van der Waals surface area contributed by atoms with Crippen molar-refractivity contribution in [3.63, 3.8) is 0 Å². The fraction of sp³-hybridized carbons (Fsp3) is 0.550. The van der Waals surface area contributed by atoms with Gasteiger partial charge in [0, 0.05) is 19.3 Å². The summed E-state index contributed by atoms with van der Waals surface area (Å²) in [4.78, 5) is 26.8. The Morgan fingerprint density at radius 2 is 2.00 bits per heavy atom. The van der Waals surface area contributed by atoms with Crippen LogP contribution in [0.4, 0.5) is 5.69 Å². The Kier molecular flexibility index (Phi) is 7.19. The van der Waals surface area contributed by atoms with Crippen molar-refractivity contribution in [2.45, 2.75) is 50.7 Å². The molecule has 1 aliphatic carbocycles. The minimum Gasteiger partial charge on any atom is -0.449 e. The number of nitrogens with one attached hydrogen (secondary N) is 1. The van der Waals surface area contributed by atoms with Crippen molar-refractivity contribution >= 4 is 17.6 Å². The van der Waals surface area contributed by atoms with Crippen LogP contribution in [0.25, 0.3) is 0 Å². The number of nitriles is 1. The van der Waals surface area contributed by atoms with Gasteiger partial charge in [0.25, 0.3) is 5.91 Å². The number of hydrogen-bond acceptors (Lipinski definition) is 6. The highest BCUT2D eigenvalue weighted by atomic mass is 16.5. The second kappa shape index (κ2) is 9.38. The lowest BCUT2D eigenvalue weighted by atomic mass is 9.81. The van der Waals surface area contributed by atoms with Crippen LogP contribution >= 0.6 is 0 Å². The number of rotatable bonds is 7. The minimum atomic E-state index is -0.999. The molecule has 1 aromatic rings. The molecule has 1 aromatic carbocycles. The van der Waals surface area contributed by atoms with Crippen LogP contribution in [-0.2, 0) is 9.53 Å². The quantitative estimate of drug-likeness (QED) is 0.711. The van der Waals surface area contributed by atoms with Gasteiger partial charge in [-0.3, -0.25) is 4.79 Å². The van der Waals surface area contributed by atoms with Crippen molar-refractivity contribution in [1.82, 2.24) is 4.90 Å². The number of carbonyl (C=O) groups excluding carboxylic acids is 2. The lowest BCUT2D eigenvalue weighted by Crippen LogP contribution is -2.53. The average Bonchev–Trinajstić information content (AvgIpc) is 2.71. The molecular formula is C20H27N3O4. The monoisotopic (exact) mass is 373 g/mol. The van der Waals surface area contributed by atoms with Gasteiger partial charge >= 0.3 is 5.97 Å². The largest absolute Gasteiger partial charge is 0.449 e. The highest BCUT2D eigenvalue weighted by molar-refractivity contribution is 5.97. The Morgan fingerprint density at radius 1 is 1.33 bits per heavy atom. The zero-order valence-corrected chi connectivity index (χ0v) is 15.9. The summed E-state index contributed by atoms with van der Waals surface area (Å²) in [7, 11) is 1.61. The Labute approximate surface area is 159 Å². The number of amides is 1. The Balaban J connectivity index is 2.08. The molecule has 0 spiro atoms. The second-order valence-corrected chi connectivity index (χ2v) is 6.84. The number of esters is 1. The van der Waals surface area contributed by atoms with Crippen LogP contribution in [0.5, 0.6) is 0 Å². The van der Waals surface area contributed by atoms with Crippen molar-refractivity contribution < 1.29 is 19.4 Å². The molecule has 7 heteroatoms. The summed E-state index contributed by atoms with van der Waals surface area (Å²) in [5.74, 6) is -1.01. The Bertz CT molecular complexity index is 707. The Hall–Kier alpha value is -2.59. The predicted molar refractivity (Wildman–Crippen MR) is 101 cm³/mol. The van der Waals surface area contributed by atoms with E-state index in [1.165, 1.54) is 11.8 Å². The summed E-state index contributed by atoms with van der Waals surface area (Å²) in [5, 5.41) is 21.5. The molecule has 146 valence electrons. The maximum Gasteiger partial charge on any atom is 0.341 e.